The van der Waals surface area contributed by atoms with Gasteiger partial charge in [-0.2, -0.15) is 0 Å². The van der Waals surface area contributed by atoms with Gasteiger partial charge in [0.25, 0.3) is 12.3 Å². The third-order valence-electron chi connectivity index (χ3n) is 5.53. The molecule has 36 heavy (non-hydrogen) atoms. The van der Waals surface area contributed by atoms with Crippen LogP contribution < -0.4 is 10.1 Å². The van der Waals surface area contributed by atoms with Crippen LogP contribution in [0.2, 0.25) is 0 Å². The van der Waals surface area contributed by atoms with Gasteiger partial charge < -0.3 is 24.1 Å². The molecule has 1 fully saturated rings. The minimum Gasteiger partial charge on any atom is -0.406 e. The van der Waals surface area contributed by atoms with E-state index >= 15 is 0 Å². The van der Waals surface area contributed by atoms with Gasteiger partial charge in [0, 0.05) is 26.3 Å². The first-order valence-corrected chi connectivity index (χ1v) is 10.9. The van der Waals surface area contributed by atoms with Crippen LogP contribution in [-0.4, -0.2) is 58.2 Å². The zero-order chi connectivity index (χ0) is 25.9. The number of imidazole rings is 1. The Kier molecular flexibility index (Phi) is 7.64. The summed E-state index contributed by atoms with van der Waals surface area (Å²) in [7, 11) is 1.50. The van der Waals surface area contributed by atoms with E-state index in [4.69, 9.17) is 9.47 Å². The number of methoxy groups -OCH3 is 1. The van der Waals surface area contributed by atoms with E-state index in [-0.39, 0.29) is 24.4 Å². The number of fused-ring (bicyclic) bond motifs is 1. The molecule has 0 bridgehead atoms. The topological polar surface area (TPSA) is 100 Å². The summed E-state index contributed by atoms with van der Waals surface area (Å²) < 4.78 is 80.4. The summed E-state index contributed by atoms with van der Waals surface area (Å²) in [6.07, 6.45) is -5.13. The van der Waals surface area contributed by atoms with E-state index in [9.17, 15) is 26.7 Å². The highest BCUT2D eigenvalue weighted by Gasteiger charge is 2.34. The van der Waals surface area contributed by atoms with E-state index in [0.717, 1.165) is 24.9 Å². The van der Waals surface area contributed by atoms with Gasteiger partial charge in [-0.05, 0) is 25.0 Å². The van der Waals surface area contributed by atoms with Crippen LogP contribution in [0.1, 0.15) is 47.3 Å². The van der Waals surface area contributed by atoms with Gasteiger partial charge in [0.15, 0.2) is 0 Å². The molecule has 0 unspecified atom stereocenters. The molecule has 14 heteroatoms. The predicted octanol–water partition coefficient (Wildman–Crippen LogP) is 3.96. The minimum atomic E-state index is -4.87. The molecule has 1 N–H and O–H groups in total. The molecule has 1 aliphatic rings. The van der Waals surface area contributed by atoms with Crippen molar-refractivity contribution in [2.75, 3.05) is 20.3 Å². The normalized spacial score (nSPS) is 17.0. The first-order chi connectivity index (χ1) is 17.2. The second-order valence-corrected chi connectivity index (χ2v) is 7.94. The Labute approximate surface area is 201 Å². The SMILES string of the molecule is COCCn1c([C@@H](NC(=O)c2cnc(C(F)F)cn2)[C@@H]2CCCO2)nc2cc(OC(F)(F)F)ccc21. The van der Waals surface area contributed by atoms with Crippen LogP contribution in [0.4, 0.5) is 22.0 Å². The standard InChI is InChI=1S/C22H22F5N5O4/c1-34-8-6-32-16-5-4-12(36-22(25,26)27)9-13(16)30-20(32)18(17-3-2-7-35-17)31-21(33)15-11-28-14(10-29-15)19(23)24/h4-5,9-11,17-19H,2-3,6-8H2,1H3,(H,31,33)/t17-,18-/m0/s1. The Bertz CT molecular complexity index is 1200. The Morgan fingerprint density at radius 2 is 2.08 bits per heavy atom. The van der Waals surface area contributed by atoms with E-state index in [1.165, 1.54) is 19.2 Å². The van der Waals surface area contributed by atoms with Crippen LogP contribution in [0.25, 0.3) is 11.0 Å². The average molecular weight is 515 g/mol. The van der Waals surface area contributed by atoms with Gasteiger partial charge in [-0.25, -0.2) is 18.7 Å². The van der Waals surface area contributed by atoms with E-state index < -0.39 is 42.3 Å². The average Bonchev–Trinajstić information content (AvgIpc) is 3.48. The lowest BCUT2D eigenvalue weighted by Crippen LogP contribution is -2.38. The zero-order valence-electron chi connectivity index (χ0n) is 19.0. The predicted molar refractivity (Wildman–Crippen MR) is 114 cm³/mol. The molecule has 2 aromatic heterocycles. The molecule has 2 atom stereocenters. The highest BCUT2D eigenvalue weighted by molar-refractivity contribution is 5.92. The van der Waals surface area contributed by atoms with Gasteiger partial charge >= 0.3 is 6.36 Å². The van der Waals surface area contributed by atoms with Gasteiger partial charge in [0.05, 0.1) is 36.1 Å². The third-order valence-corrected chi connectivity index (χ3v) is 5.53. The van der Waals surface area contributed by atoms with Crippen LogP contribution in [0, 0.1) is 0 Å². The lowest BCUT2D eigenvalue weighted by Gasteiger charge is -2.24. The van der Waals surface area contributed by atoms with Crippen LogP contribution in [0.15, 0.2) is 30.6 Å². The summed E-state index contributed by atoms with van der Waals surface area (Å²) in [5.41, 5.74) is -0.0562. The maximum atomic E-state index is 13.0. The molecule has 0 saturated carbocycles. The van der Waals surface area contributed by atoms with Gasteiger partial charge in [-0.1, -0.05) is 0 Å². The number of nitrogens with one attached hydrogen (secondary N) is 1. The molecule has 0 spiro atoms. The summed E-state index contributed by atoms with van der Waals surface area (Å²) in [5, 5.41) is 2.78. The van der Waals surface area contributed by atoms with E-state index in [0.29, 0.717) is 24.4 Å². The lowest BCUT2D eigenvalue weighted by atomic mass is 10.1. The van der Waals surface area contributed by atoms with Gasteiger partial charge in [0.2, 0.25) is 0 Å². The number of amides is 1. The minimum absolute atomic E-state index is 0.192. The molecule has 4 rings (SSSR count). The lowest BCUT2D eigenvalue weighted by molar-refractivity contribution is -0.274. The fourth-order valence-corrected chi connectivity index (χ4v) is 3.95. The number of aromatic nitrogens is 4. The van der Waals surface area contributed by atoms with Crippen LogP contribution >= 0.6 is 0 Å². The first-order valence-electron chi connectivity index (χ1n) is 10.9. The molecular formula is C22H22F5N5O4. The summed E-state index contributed by atoms with van der Waals surface area (Å²) in [6, 6.07) is 2.93. The van der Waals surface area contributed by atoms with Crippen molar-refractivity contribution >= 4 is 16.9 Å². The van der Waals surface area contributed by atoms with E-state index in [1.54, 1.807) is 4.57 Å². The van der Waals surface area contributed by atoms with Crippen LogP contribution in [0.5, 0.6) is 5.75 Å². The molecule has 3 aromatic rings. The van der Waals surface area contributed by atoms with Gasteiger partial charge in [-0.15, -0.1) is 13.2 Å². The number of benzene rings is 1. The second-order valence-electron chi connectivity index (χ2n) is 7.94. The van der Waals surface area contributed by atoms with Crippen molar-refractivity contribution in [3.63, 3.8) is 0 Å². The molecule has 194 valence electrons. The van der Waals surface area contributed by atoms with Gasteiger partial charge in [0.1, 0.15) is 29.0 Å². The van der Waals surface area contributed by atoms with Crippen LogP contribution in [-0.2, 0) is 16.0 Å². The number of hydrogen-bond donors (Lipinski definition) is 1. The maximum Gasteiger partial charge on any atom is 0.573 e. The Hall–Kier alpha value is -3.39. The maximum absolute atomic E-state index is 13.0. The Balaban J connectivity index is 1.71. The summed E-state index contributed by atoms with van der Waals surface area (Å²) in [4.78, 5) is 24.8. The number of carbonyl (C=O) groups excluding carboxylic acids is 1. The molecule has 1 amide bonds. The number of nitrogens with zero attached hydrogens (tertiary/aromatic N) is 4. The van der Waals surface area contributed by atoms with Crippen molar-refractivity contribution in [1.82, 2.24) is 24.8 Å². The quantitative estimate of drug-likeness (QED) is 0.431. The Morgan fingerprint density at radius 1 is 1.28 bits per heavy atom. The summed E-state index contributed by atoms with van der Waals surface area (Å²) in [6.45, 7) is 0.984. The molecule has 9 nitrogen and oxygen atoms in total. The molecule has 1 aromatic carbocycles. The smallest absolute Gasteiger partial charge is 0.406 e. The number of halogens is 5. The zero-order valence-corrected chi connectivity index (χ0v) is 19.0. The number of alkyl halides is 5. The molecule has 1 saturated heterocycles. The first kappa shape index (κ1) is 25.7. The van der Waals surface area contributed by atoms with Crippen LogP contribution in [0.3, 0.4) is 0 Å². The monoisotopic (exact) mass is 515 g/mol. The Morgan fingerprint density at radius 3 is 2.69 bits per heavy atom. The highest BCUT2D eigenvalue weighted by atomic mass is 19.4. The van der Waals surface area contributed by atoms with Crippen molar-refractivity contribution in [2.45, 2.75) is 44.3 Å². The number of ether oxygens (including phenoxy) is 3. The number of carbonyl (C=O) groups is 1. The molecule has 3 heterocycles. The molecule has 0 radical (unpaired) electrons. The van der Waals surface area contributed by atoms with E-state index in [2.05, 4.69) is 25.0 Å². The van der Waals surface area contributed by atoms with Crippen molar-refractivity contribution < 1.29 is 41.0 Å². The number of rotatable bonds is 9. The highest BCUT2D eigenvalue weighted by Crippen LogP contribution is 2.32. The molecule has 1 aliphatic heterocycles. The summed E-state index contributed by atoms with van der Waals surface area (Å²) >= 11 is 0. The molecular weight excluding hydrogens is 493 g/mol. The van der Waals surface area contributed by atoms with Crippen molar-refractivity contribution in [2.24, 2.45) is 0 Å². The summed E-state index contributed by atoms with van der Waals surface area (Å²) in [5.74, 6) is -0.816. The number of hydrogen-bond acceptors (Lipinski definition) is 7. The third kappa shape index (κ3) is 5.87. The van der Waals surface area contributed by atoms with Crippen molar-refractivity contribution in [3.8, 4) is 5.75 Å². The second kappa shape index (κ2) is 10.7. The fourth-order valence-electron chi connectivity index (χ4n) is 3.95. The van der Waals surface area contributed by atoms with Gasteiger partial charge in [-0.3, -0.25) is 9.78 Å². The van der Waals surface area contributed by atoms with Crippen molar-refractivity contribution in [3.05, 3.63) is 47.8 Å². The largest absolute Gasteiger partial charge is 0.573 e. The van der Waals surface area contributed by atoms with E-state index in [1.807, 2.05) is 0 Å². The fraction of sp³-hybridized carbons (Fsp3) is 0.455. The van der Waals surface area contributed by atoms with Crippen molar-refractivity contribution in [1.29, 1.82) is 0 Å². The molecule has 0 aliphatic carbocycles.